The van der Waals surface area contributed by atoms with Crippen LogP contribution in [0, 0.1) is 0 Å². The Labute approximate surface area is 127 Å². The fraction of sp³-hybridized carbons (Fsp3) is 0.429. The summed E-state index contributed by atoms with van der Waals surface area (Å²) in [5.74, 6) is -0.641. The van der Waals surface area contributed by atoms with Crippen LogP contribution in [0.2, 0.25) is 4.34 Å². The molecule has 0 radical (unpaired) electrons. The molecule has 0 unspecified atom stereocenters. The first-order valence-corrected chi connectivity index (χ1v) is 7.78. The van der Waals surface area contributed by atoms with Crippen LogP contribution in [0.4, 0.5) is 0 Å². The highest BCUT2D eigenvalue weighted by Crippen LogP contribution is 2.25. The summed E-state index contributed by atoms with van der Waals surface area (Å²) < 4.78 is 0.682. The second-order valence-electron chi connectivity index (χ2n) is 4.85. The molecule has 1 aromatic heterocycles. The van der Waals surface area contributed by atoms with Crippen molar-refractivity contribution in [3.8, 4) is 0 Å². The number of primary amides is 1. The highest BCUT2D eigenvalue weighted by molar-refractivity contribution is 7.17. The minimum Gasteiger partial charge on any atom is -0.368 e. The van der Waals surface area contributed by atoms with E-state index < -0.39 is 5.91 Å². The summed E-state index contributed by atoms with van der Waals surface area (Å²) >= 11 is 7.24. The minimum atomic E-state index is -0.474. The number of nitrogens with zero attached hydrogens (tertiary/aromatic N) is 1. The van der Waals surface area contributed by atoms with Crippen molar-refractivity contribution in [1.82, 2.24) is 4.90 Å². The van der Waals surface area contributed by atoms with Crippen LogP contribution in [-0.2, 0) is 9.59 Å². The molecule has 0 spiro atoms. The second-order valence-corrected chi connectivity index (χ2v) is 6.59. The smallest absolute Gasteiger partial charge is 0.247 e. The van der Waals surface area contributed by atoms with Gasteiger partial charge >= 0.3 is 0 Å². The molecule has 20 heavy (non-hydrogen) atoms. The van der Waals surface area contributed by atoms with E-state index in [1.165, 1.54) is 17.4 Å². The molecule has 0 saturated heterocycles. The number of hydrogen-bond donors (Lipinski definition) is 1. The topological polar surface area (TPSA) is 63.4 Å². The predicted molar refractivity (Wildman–Crippen MR) is 81.5 cm³/mol. The summed E-state index contributed by atoms with van der Waals surface area (Å²) in [7, 11) is 0. The number of hydrogen-bond acceptors (Lipinski definition) is 3. The summed E-state index contributed by atoms with van der Waals surface area (Å²) in [5.41, 5.74) is 5.24. The van der Waals surface area contributed by atoms with Gasteiger partial charge in [0, 0.05) is 17.0 Å². The Morgan fingerprint density at radius 2 is 2.10 bits per heavy atom. The Bertz CT molecular complexity index is 521. The van der Waals surface area contributed by atoms with Gasteiger partial charge in [0.1, 0.15) is 0 Å². The number of halogens is 1. The van der Waals surface area contributed by atoms with Crippen molar-refractivity contribution in [2.75, 3.05) is 6.54 Å². The average Bonchev–Trinajstić information content (AvgIpc) is 3.04. The maximum Gasteiger partial charge on any atom is 0.247 e. The minimum absolute atomic E-state index is 0.0148. The molecule has 4 nitrogen and oxygen atoms in total. The van der Waals surface area contributed by atoms with E-state index in [0.717, 1.165) is 30.6 Å². The van der Waals surface area contributed by atoms with Gasteiger partial charge in [0.15, 0.2) is 0 Å². The highest BCUT2D eigenvalue weighted by Gasteiger charge is 2.26. The maximum atomic E-state index is 12.2. The molecule has 0 atom stereocenters. The Morgan fingerprint density at radius 1 is 1.40 bits per heavy atom. The zero-order valence-electron chi connectivity index (χ0n) is 11.0. The van der Waals surface area contributed by atoms with Crippen LogP contribution >= 0.6 is 22.9 Å². The molecule has 0 bridgehead atoms. The first-order valence-electron chi connectivity index (χ1n) is 6.58. The fourth-order valence-corrected chi connectivity index (χ4v) is 3.40. The van der Waals surface area contributed by atoms with Gasteiger partial charge in [0.2, 0.25) is 11.8 Å². The van der Waals surface area contributed by atoms with Crippen LogP contribution in [0.25, 0.3) is 6.08 Å². The molecule has 1 aliphatic carbocycles. The van der Waals surface area contributed by atoms with Crippen LogP contribution in [0.15, 0.2) is 18.2 Å². The van der Waals surface area contributed by atoms with Crippen molar-refractivity contribution < 1.29 is 9.59 Å². The van der Waals surface area contributed by atoms with E-state index in [4.69, 9.17) is 17.3 Å². The average molecular weight is 313 g/mol. The molecular weight excluding hydrogens is 296 g/mol. The molecule has 0 aromatic carbocycles. The standard InChI is InChI=1S/C14H17ClN2O2S/c15-12-7-5-11(20-12)6-8-14(19)17(9-13(16)18)10-3-1-2-4-10/h5-8,10H,1-4,9H2,(H2,16,18). The van der Waals surface area contributed by atoms with Gasteiger partial charge in [-0.25, -0.2) is 0 Å². The van der Waals surface area contributed by atoms with Gasteiger partial charge < -0.3 is 10.6 Å². The van der Waals surface area contributed by atoms with Crippen molar-refractivity contribution in [1.29, 1.82) is 0 Å². The zero-order chi connectivity index (χ0) is 14.5. The predicted octanol–water partition coefficient (Wildman–Crippen LogP) is 2.67. The summed E-state index contributed by atoms with van der Waals surface area (Å²) in [6.07, 6.45) is 7.29. The van der Waals surface area contributed by atoms with Crippen molar-refractivity contribution in [2.45, 2.75) is 31.7 Å². The Kier molecular flexibility index (Phi) is 5.20. The Hall–Kier alpha value is -1.33. The molecule has 2 N–H and O–H groups in total. The molecule has 1 heterocycles. The summed E-state index contributed by atoms with van der Waals surface area (Å²) in [6, 6.07) is 3.77. The van der Waals surface area contributed by atoms with Crippen LogP contribution in [0.5, 0.6) is 0 Å². The van der Waals surface area contributed by atoms with Crippen molar-refractivity contribution in [2.24, 2.45) is 5.73 Å². The first kappa shape index (κ1) is 15.1. The number of amides is 2. The molecule has 108 valence electrons. The first-order chi connectivity index (χ1) is 9.56. The van der Waals surface area contributed by atoms with E-state index >= 15 is 0 Å². The quantitative estimate of drug-likeness (QED) is 0.850. The molecule has 1 fully saturated rings. The van der Waals surface area contributed by atoms with Crippen LogP contribution < -0.4 is 5.73 Å². The monoisotopic (exact) mass is 312 g/mol. The van der Waals surface area contributed by atoms with E-state index in [1.807, 2.05) is 6.07 Å². The molecule has 1 aliphatic rings. The molecule has 2 rings (SSSR count). The molecule has 6 heteroatoms. The lowest BCUT2D eigenvalue weighted by Crippen LogP contribution is -2.43. The van der Waals surface area contributed by atoms with Crippen molar-refractivity contribution >= 4 is 40.8 Å². The largest absolute Gasteiger partial charge is 0.368 e. The van der Waals surface area contributed by atoms with E-state index in [0.29, 0.717) is 4.34 Å². The lowest BCUT2D eigenvalue weighted by Gasteiger charge is -2.26. The van der Waals surface area contributed by atoms with Gasteiger partial charge in [0.05, 0.1) is 10.9 Å². The van der Waals surface area contributed by atoms with Gasteiger partial charge in [0.25, 0.3) is 0 Å². The normalized spacial score (nSPS) is 15.8. The molecule has 1 saturated carbocycles. The third kappa shape index (κ3) is 4.08. The third-order valence-corrected chi connectivity index (χ3v) is 4.56. The number of thiophene rings is 1. The number of carbonyl (C=O) groups is 2. The highest BCUT2D eigenvalue weighted by atomic mass is 35.5. The van der Waals surface area contributed by atoms with Crippen LogP contribution in [-0.4, -0.2) is 29.3 Å². The lowest BCUT2D eigenvalue weighted by atomic mass is 10.2. The third-order valence-electron chi connectivity index (χ3n) is 3.36. The lowest BCUT2D eigenvalue weighted by molar-refractivity contribution is -0.133. The van der Waals surface area contributed by atoms with Crippen LogP contribution in [0.3, 0.4) is 0 Å². The Balaban J connectivity index is 2.05. The molecule has 1 aromatic rings. The van der Waals surface area contributed by atoms with E-state index in [2.05, 4.69) is 0 Å². The molecular formula is C14H17ClN2O2S. The van der Waals surface area contributed by atoms with E-state index in [-0.39, 0.29) is 18.5 Å². The van der Waals surface area contributed by atoms with Gasteiger partial charge in [-0.3, -0.25) is 9.59 Å². The summed E-state index contributed by atoms with van der Waals surface area (Å²) in [5, 5.41) is 0. The SMILES string of the molecule is NC(=O)CN(C(=O)C=Cc1ccc(Cl)s1)C1CCCC1. The summed E-state index contributed by atoms with van der Waals surface area (Å²) in [6.45, 7) is -0.0148. The van der Waals surface area contributed by atoms with E-state index in [1.54, 1.807) is 17.0 Å². The van der Waals surface area contributed by atoms with Gasteiger partial charge in [-0.05, 0) is 31.1 Å². The molecule has 0 aliphatic heterocycles. The zero-order valence-corrected chi connectivity index (χ0v) is 12.6. The number of carbonyl (C=O) groups excluding carboxylic acids is 2. The fourth-order valence-electron chi connectivity index (χ4n) is 2.44. The van der Waals surface area contributed by atoms with Gasteiger partial charge in [-0.1, -0.05) is 24.4 Å². The van der Waals surface area contributed by atoms with E-state index in [9.17, 15) is 9.59 Å². The second kappa shape index (κ2) is 6.90. The van der Waals surface area contributed by atoms with Crippen molar-refractivity contribution in [3.05, 3.63) is 27.4 Å². The van der Waals surface area contributed by atoms with Gasteiger partial charge in [-0.15, -0.1) is 11.3 Å². The maximum absolute atomic E-state index is 12.2. The van der Waals surface area contributed by atoms with Crippen molar-refractivity contribution in [3.63, 3.8) is 0 Å². The Morgan fingerprint density at radius 3 is 2.65 bits per heavy atom. The number of nitrogens with two attached hydrogens (primary N) is 1. The van der Waals surface area contributed by atoms with Crippen LogP contribution in [0.1, 0.15) is 30.6 Å². The van der Waals surface area contributed by atoms with Gasteiger partial charge in [-0.2, -0.15) is 0 Å². The number of rotatable bonds is 5. The summed E-state index contributed by atoms with van der Waals surface area (Å²) in [4.78, 5) is 25.9. The molecule has 2 amide bonds.